The van der Waals surface area contributed by atoms with Crippen molar-refractivity contribution >= 4 is 30.0 Å². The number of nitrogens with zero attached hydrogens (tertiary/aromatic N) is 3. The number of piperidine rings is 2. The molecule has 14 nitrogen and oxygen atoms in total. The summed E-state index contributed by atoms with van der Waals surface area (Å²) in [4.78, 5) is 59.9. The lowest BCUT2D eigenvalue weighted by Gasteiger charge is -2.39. The highest BCUT2D eigenvalue weighted by Gasteiger charge is 2.35. The smallest absolute Gasteiger partial charge is 0.437 e. The second kappa shape index (κ2) is 18.5. The molecule has 286 valence electrons. The van der Waals surface area contributed by atoms with E-state index in [1.54, 1.807) is 41.5 Å². The highest BCUT2D eigenvalue weighted by molar-refractivity contribution is 5.99. The number of rotatable bonds is 9. The number of alkyl carbamates (subject to hydrolysis) is 1. The number of hydrogen-bond acceptors (Lipinski definition) is 10. The van der Waals surface area contributed by atoms with E-state index < -0.39 is 35.0 Å². The van der Waals surface area contributed by atoms with Crippen LogP contribution in [0.5, 0.6) is 0 Å². The van der Waals surface area contributed by atoms with E-state index in [1.165, 1.54) is 0 Å². The number of amides is 3. The topological polar surface area (TPSA) is 157 Å². The fourth-order valence-corrected chi connectivity index (χ4v) is 6.26. The molecule has 50 heavy (non-hydrogen) atoms. The van der Waals surface area contributed by atoms with Gasteiger partial charge in [0.2, 0.25) is 11.9 Å². The molecule has 3 aliphatic rings. The Morgan fingerprint density at radius 2 is 1.42 bits per heavy atom. The lowest BCUT2D eigenvalue weighted by molar-refractivity contribution is -0.158. The number of likely N-dealkylation sites (tertiary alicyclic amines) is 2. The summed E-state index contributed by atoms with van der Waals surface area (Å²) in [6.07, 6.45) is 4.85. The molecule has 1 unspecified atom stereocenters. The predicted molar refractivity (Wildman–Crippen MR) is 189 cm³/mol. The van der Waals surface area contributed by atoms with Crippen LogP contribution in [0.2, 0.25) is 0 Å². The van der Waals surface area contributed by atoms with Gasteiger partial charge in [-0.05, 0) is 114 Å². The number of carbonyl (C=O) groups excluding carboxylic acids is 4. The largest absolute Gasteiger partial charge is 0.460 e. The van der Waals surface area contributed by atoms with Gasteiger partial charge in [-0.1, -0.05) is 0 Å². The number of esters is 1. The van der Waals surface area contributed by atoms with Crippen LogP contribution in [0.4, 0.5) is 9.59 Å². The molecule has 3 heterocycles. The molecule has 3 amide bonds. The van der Waals surface area contributed by atoms with Crippen molar-refractivity contribution in [3.8, 4) is 0 Å². The van der Waals surface area contributed by atoms with Gasteiger partial charge in [-0.2, -0.15) is 0 Å². The van der Waals surface area contributed by atoms with Gasteiger partial charge < -0.3 is 38.8 Å². The summed E-state index contributed by atoms with van der Waals surface area (Å²) in [5.74, 6) is -0.368. The number of hydrogen-bond donors (Lipinski definition) is 2. The average Bonchev–Trinajstić information content (AvgIpc) is 2.98. The first-order chi connectivity index (χ1) is 23.3. The molecule has 3 aliphatic heterocycles. The number of nitrogens with one attached hydrogen (secondary N) is 2. The van der Waals surface area contributed by atoms with E-state index in [-0.39, 0.29) is 42.4 Å². The molecule has 0 spiro atoms. The highest BCUT2D eigenvalue weighted by Crippen LogP contribution is 2.24. The van der Waals surface area contributed by atoms with Gasteiger partial charge in [0.25, 0.3) is 0 Å². The minimum absolute atomic E-state index is 0.0135. The van der Waals surface area contributed by atoms with Gasteiger partial charge in [-0.25, -0.2) is 9.59 Å². The van der Waals surface area contributed by atoms with E-state index in [9.17, 15) is 19.2 Å². The van der Waals surface area contributed by atoms with Gasteiger partial charge in [0, 0.05) is 51.5 Å². The molecule has 3 fully saturated rings. The molecule has 0 aromatic heterocycles. The van der Waals surface area contributed by atoms with Gasteiger partial charge >= 0.3 is 18.2 Å². The van der Waals surface area contributed by atoms with Crippen molar-refractivity contribution in [2.75, 3.05) is 39.5 Å². The molecule has 0 bridgehead atoms. The summed E-state index contributed by atoms with van der Waals surface area (Å²) in [6, 6.07) is -0.546. The first kappa shape index (κ1) is 41.5. The summed E-state index contributed by atoms with van der Waals surface area (Å²) >= 11 is 0. The minimum atomic E-state index is -0.801. The second-order valence-electron chi connectivity index (χ2n) is 16.5. The van der Waals surface area contributed by atoms with Gasteiger partial charge in [0.1, 0.15) is 16.8 Å². The maximum Gasteiger partial charge on any atom is 0.437 e. The Labute approximate surface area is 298 Å². The van der Waals surface area contributed by atoms with Crippen LogP contribution >= 0.6 is 0 Å². The molecule has 0 aromatic carbocycles. The van der Waals surface area contributed by atoms with Crippen molar-refractivity contribution in [3.63, 3.8) is 0 Å². The molecular weight excluding hydrogens is 646 g/mol. The second-order valence-corrected chi connectivity index (χ2v) is 16.5. The van der Waals surface area contributed by atoms with Crippen LogP contribution in [-0.4, -0.2) is 120 Å². The molecule has 0 radical (unpaired) electrons. The molecule has 2 N–H and O–H groups in total. The third-order valence-corrected chi connectivity index (χ3v) is 8.41. The van der Waals surface area contributed by atoms with Crippen molar-refractivity contribution in [1.82, 2.24) is 20.4 Å². The quantitative estimate of drug-likeness (QED) is 0.145. The average molecular weight is 710 g/mol. The van der Waals surface area contributed by atoms with Gasteiger partial charge in [0.15, 0.2) is 0 Å². The Kier molecular flexibility index (Phi) is 15.3. The fourth-order valence-electron chi connectivity index (χ4n) is 6.26. The van der Waals surface area contributed by atoms with Crippen molar-refractivity contribution < 1.29 is 42.9 Å². The van der Waals surface area contributed by atoms with E-state index in [4.69, 9.17) is 23.7 Å². The van der Waals surface area contributed by atoms with Crippen LogP contribution in [-0.2, 0) is 33.3 Å². The van der Waals surface area contributed by atoms with Gasteiger partial charge in [0.05, 0.1) is 18.6 Å². The monoisotopic (exact) mass is 709 g/mol. The molecular formula is C36H63N5O9. The molecule has 0 saturated carbocycles. The third-order valence-electron chi connectivity index (χ3n) is 8.41. The van der Waals surface area contributed by atoms with E-state index in [2.05, 4.69) is 15.6 Å². The molecule has 2 atom stereocenters. The van der Waals surface area contributed by atoms with Gasteiger partial charge in [-0.15, -0.1) is 4.99 Å². The van der Waals surface area contributed by atoms with Crippen molar-refractivity contribution in [3.05, 3.63) is 0 Å². The van der Waals surface area contributed by atoms with Crippen molar-refractivity contribution in [1.29, 1.82) is 0 Å². The Bertz CT molecular complexity index is 1160. The number of carbonyl (C=O) groups is 4. The molecule has 0 aromatic rings. The number of ether oxygens (including phenoxy) is 5. The lowest BCUT2D eigenvalue weighted by atomic mass is 9.97. The summed E-state index contributed by atoms with van der Waals surface area (Å²) in [5.41, 5.74) is -2.09. The van der Waals surface area contributed by atoms with E-state index in [0.29, 0.717) is 58.7 Å². The molecule has 14 heteroatoms. The number of guanidine groups is 1. The standard InChI is InChI=1S/C36H63N5O9/c1-34(2,3)48-29(42)24-28(37-25-15-21-46-22-16-25)30(43)41-18-11-10-12-26(41)17-23-47-27-13-19-40(20-14-27)31(38-32(44)49-35(4,5)6)39-33(45)50-36(7,8)9/h25-28,37H,10-24H2,1-9H3,(H,38,39,44,45)/t26?,28-/m0/s1. The Balaban J connectivity index is 1.58. The third kappa shape index (κ3) is 15.5. The molecule has 3 saturated heterocycles. The zero-order valence-corrected chi connectivity index (χ0v) is 31.9. The minimum Gasteiger partial charge on any atom is -0.460 e. The van der Waals surface area contributed by atoms with Crippen LogP contribution < -0.4 is 10.6 Å². The zero-order valence-electron chi connectivity index (χ0n) is 31.9. The van der Waals surface area contributed by atoms with E-state index >= 15 is 0 Å². The van der Waals surface area contributed by atoms with Crippen LogP contribution in [0.25, 0.3) is 0 Å². The summed E-state index contributed by atoms with van der Waals surface area (Å²) in [7, 11) is 0. The summed E-state index contributed by atoms with van der Waals surface area (Å²) < 4.78 is 28.2. The Hall–Kier alpha value is -2.97. The summed E-state index contributed by atoms with van der Waals surface area (Å²) in [6.45, 7) is 19.4. The Morgan fingerprint density at radius 1 is 0.800 bits per heavy atom. The summed E-state index contributed by atoms with van der Waals surface area (Å²) in [5, 5.41) is 6.11. The normalized spacial score (nSPS) is 21.0. The molecule has 3 rings (SSSR count). The zero-order chi connectivity index (χ0) is 37.1. The first-order valence-electron chi connectivity index (χ1n) is 18.3. The van der Waals surface area contributed by atoms with E-state index in [0.717, 1.165) is 32.1 Å². The Morgan fingerprint density at radius 3 is 2.02 bits per heavy atom. The maximum absolute atomic E-state index is 14.0. The SMILES string of the molecule is CC(C)(C)OC(=O)C[C@H](NC1CCOCC1)C(=O)N1CCCCC1CCOC1CCN(/C(=N/C(=O)OC(C)(C)C)NC(=O)OC(C)(C)C)CC1. The lowest BCUT2D eigenvalue weighted by Crippen LogP contribution is -2.56. The van der Waals surface area contributed by atoms with Crippen LogP contribution in [0.3, 0.4) is 0 Å². The fraction of sp³-hybridized carbons (Fsp3) is 0.861. The highest BCUT2D eigenvalue weighted by atomic mass is 16.6. The predicted octanol–water partition coefficient (Wildman–Crippen LogP) is 4.92. The van der Waals surface area contributed by atoms with Gasteiger partial charge in [-0.3, -0.25) is 14.9 Å². The van der Waals surface area contributed by atoms with E-state index in [1.807, 2.05) is 30.6 Å². The van der Waals surface area contributed by atoms with Crippen LogP contribution in [0.15, 0.2) is 4.99 Å². The maximum atomic E-state index is 14.0. The van der Waals surface area contributed by atoms with Crippen LogP contribution in [0, 0.1) is 0 Å². The van der Waals surface area contributed by atoms with Crippen molar-refractivity contribution in [2.24, 2.45) is 4.99 Å². The van der Waals surface area contributed by atoms with Crippen molar-refractivity contribution in [2.45, 2.75) is 161 Å². The molecule has 0 aliphatic carbocycles. The first-order valence-corrected chi connectivity index (χ1v) is 18.3. The van der Waals surface area contributed by atoms with Crippen LogP contribution in [0.1, 0.15) is 120 Å². The number of aliphatic imine (C=N–C) groups is 1.